The highest BCUT2D eigenvalue weighted by Crippen LogP contribution is 2.35. The molecule has 29 heavy (non-hydrogen) atoms. The number of amides is 2. The normalized spacial score (nSPS) is 17.6. The molecular weight excluding hydrogens is 405 g/mol. The fourth-order valence-corrected chi connectivity index (χ4v) is 3.65. The molecule has 1 aromatic carbocycles. The number of carboxylic acids is 1. The zero-order chi connectivity index (χ0) is 21.2. The molecule has 3 rings (SSSR count). The Morgan fingerprint density at radius 1 is 1.34 bits per heavy atom. The van der Waals surface area contributed by atoms with Crippen LogP contribution in [0.1, 0.15) is 41.6 Å². The zero-order valence-electron chi connectivity index (χ0n) is 15.8. The lowest BCUT2D eigenvalue weighted by Crippen LogP contribution is -2.47. The van der Waals surface area contributed by atoms with Crippen molar-refractivity contribution in [3.63, 3.8) is 0 Å². The fourth-order valence-electron chi connectivity index (χ4n) is 3.42. The molecule has 8 nitrogen and oxygen atoms in total. The van der Waals surface area contributed by atoms with Gasteiger partial charge in [-0.25, -0.2) is 4.39 Å². The third kappa shape index (κ3) is 4.50. The van der Waals surface area contributed by atoms with E-state index in [0.29, 0.717) is 31.5 Å². The van der Waals surface area contributed by atoms with E-state index >= 15 is 0 Å². The van der Waals surface area contributed by atoms with Crippen LogP contribution in [0.15, 0.2) is 17.3 Å². The molecule has 1 fully saturated rings. The predicted molar refractivity (Wildman–Crippen MR) is 102 cm³/mol. The minimum atomic E-state index is -1.01. The van der Waals surface area contributed by atoms with Gasteiger partial charge in [-0.05, 0) is 18.6 Å². The number of carbonyl (C=O) groups excluding carboxylic acids is 2. The molecule has 2 amide bonds. The number of carboxylic acid groups (broad SMARTS) is 1. The summed E-state index contributed by atoms with van der Waals surface area (Å²) in [6.45, 7) is 2.20. The number of hydrogen-bond acceptors (Lipinski definition) is 5. The highest BCUT2D eigenvalue weighted by molar-refractivity contribution is 6.39. The van der Waals surface area contributed by atoms with E-state index in [-0.39, 0.29) is 35.7 Å². The maximum atomic E-state index is 14.4. The molecule has 0 bridgehead atoms. The van der Waals surface area contributed by atoms with Crippen molar-refractivity contribution in [1.82, 2.24) is 10.2 Å². The third-order valence-corrected chi connectivity index (χ3v) is 5.50. The number of benzene rings is 1. The van der Waals surface area contributed by atoms with Gasteiger partial charge in [-0.15, -0.1) is 0 Å². The average Bonchev–Trinajstić information content (AvgIpc) is 3.09. The Morgan fingerprint density at radius 3 is 2.69 bits per heavy atom. The first-order valence-corrected chi connectivity index (χ1v) is 9.59. The van der Waals surface area contributed by atoms with Crippen LogP contribution in [0, 0.1) is 12.7 Å². The van der Waals surface area contributed by atoms with Gasteiger partial charge in [0.15, 0.2) is 0 Å². The molecule has 156 valence electrons. The summed E-state index contributed by atoms with van der Waals surface area (Å²) in [5.74, 6) is -2.57. The van der Waals surface area contributed by atoms with Crippen LogP contribution < -0.4 is 5.32 Å². The summed E-state index contributed by atoms with van der Waals surface area (Å²) in [4.78, 5) is 42.4. The van der Waals surface area contributed by atoms with Gasteiger partial charge in [0.25, 0.3) is 11.8 Å². The summed E-state index contributed by atoms with van der Waals surface area (Å²) in [5.41, 5.74) is -0.282. The number of piperidine rings is 1. The summed E-state index contributed by atoms with van der Waals surface area (Å²) >= 11 is 6.04. The second kappa shape index (κ2) is 8.36. The van der Waals surface area contributed by atoms with Crippen LogP contribution in [-0.4, -0.2) is 58.7 Å². The van der Waals surface area contributed by atoms with Crippen molar-refractivity contribution < 1.29 is 28.7 Å². The van der Waals surface area contributed by atoms with Crippen molar-refractivity contribution in [2.24, 2.45) is 5.16 Å². The summed E-state index contributed by atoms with van der Waals surface area (Å²) in [6, 6.07) is 3.02. The van der Waals surface area contributed by atoms with Crippen LogP contribution >= 0.6 is 11.6 Å². The van der Waals surface area contributed by atoms with Gasteiger partial charge >= 0.3 is 5.97 Å². The smallest absolute Gasteiger partial charge is 0.305 e. The number of nitrogens with one attached hydrogen (secondary N) is 1. The SMILES string of the molecule is Cc1ccc(Cl)c(C(=O)N2CCC3(CC2)CC(C(=O)NCCC(=O)O)=NO3)c1F. The Kier molecular flexibility index (Phi) is 6.07. The second-order valence-electron chi connectivity index (χ2n) is 7.23. The summed E-state index contributed by atoms with van der Waals surface area (Å²) in [7, 11) is 0. The number of oxime groups is 1. The van der Waals surface area contributed by atoms with Crippen molar-refractivity contribution in [3.05, 3.63) is 34.1 Å². The minimum absolute atomic E-state index is 0.00524. The molecule has 2 aliphatic heterocycles. The molecule has 2 aliphatic rings. The highest BCUT2D eigenvalue weighted by atomic mass is 35.5. The molecule has 0 aliphatic carbocycles. The molecule has 0 aromatic heterocycles. The minimum Gasteiger partial charge on any atom is -0.481 e. The zero-order valence-corrected chi connectivity index (χ0v) is 16.6. The van der Waals surface area contributed by atoms with Crippen molar-refractivity contribution in [2.45, 2.75) is 38.2 Å². The molecule has 2 N–H and O–H groups in total. The summed E-state index contributed by atoms with van der Waals surface area (Å²) < 4.78 is 14.4. The van der Waals surface area contributed by atoms with Gasteiger partial charge in [0.05, 0.1) is 17.0 Å². The lowest BCUT2D eigenvalue weighted by atomic mass is 9.86. The molecule has 1 saturated heterocycles. The number of rotatable bonds is 5. The number of nitrogens with zero attached hydrogens (tertiary/aromatic N) is 2. The van der Waals surface area contributed by atoms with E-state index in [1.807, 2.05) is 0 Å². The highest BCUT2D eigenvalue weighted by Gasteiger charge is 2.44. The first-order chi connectivity index (χ1) is 13.7. The number of hydrogen-bond donors (Lipinski definition) is 2. The second-order valence-corrected chi connectivity index (χ2v) is 7.64. The molecular formula is C19H21ClFN3O5. The summed E-state index contributed by atoms with van der Waals surface area (Å²) in [5, 5.41) is 15.0. The van der Waals surface area contributed by atoms with Crippen LogP contribution in [0.5, 0.6) is 0 Å². The van der Waals surface area contributed by atoms with E-state index in [4.69, 9.17) is 21.5 Å². The van der Waals surface area contributed by atoms with Gasteiger partial charge in [0.2, 0.25) is 0 Å². The van der Waals surface area contributed by atoms with E-state index in [2.05, 4.69) is 10.5 Å². The van der Waals surface area contributed by atoms with Gasteiger partial charge in [0.1, 0.15) is 17.1 Å². The van der Waals surface area contributed by atoms with E-state index in [1.165, 1.54) is 17.0 Å². The first-order valence-electron chi connectivity index (χ1n) is 9.21. The van der Waals surface area contributed by atoms with Gasteiger partial charge in [-0.2, -0.15) is 0 Å². The molecule has 0 unspecified atom stereocenters. The number of likely N-dealkylation sites (tertiary alicyclic amines) is 1. The third-order valence-electron chi connectivity index (χ3n) is 5.19. The van der Waals surface area contributed by atoms with Gasteiger partial charge in [-0.1, -0.05) is 22.8 Å². The standard InChI is InChI=1S/C19H21ClFN3O5/c1-11-2-3-12(20)15(16(11)21)18(28)24-8-5-19(6-9-24)10-13(23-29-19)17(27)22-7-4-14(25)26/h2-3H,4-10H2,1H3,(H,22,27)(H,25,26). The molecule has 0 atom stereocenters. The molecule has 0 radical (unpaired) electrons. The number of aryl methyl sites for hydroxylation is 1. The maximum absolute atomic E-state index is 14.4. The molecule has 2 heterocycles. The predicted octanol–water partition coefficient (Wildman–Crippen LogP) is 2.13. The van der Waals surface area contributed by atoms with Crippen molar-refractivity contribution in [1.29, 1.82) is 0 Å². The topological polar surface area (TPSA) is 108 Å². The Hall–Kier alpha value is -2.68. The molecule has 1 spiro atoms. The van der Waals surface area contributed by atoms with Crippen molar-refractivity contribution in [2.75, 3.05) is 19.6 Å². The molecule has 0 saturated carbocycles. The first kappa shape index (κ1) is 21.0. The number of carbonyl (C=O) groups is 3. The van der Waals surface area contributed by atoms with Crippen LogP contribution in [-0.2, 0) is 14.4 Å². The van der Waals surface area contributed by atoms with Gasteiger partial charge in [0, 0.05) is 38.9 Å². The Labute approximate surface area is 171 Å². The van der Waals surface area contributed by atoms with Crippen LogP contribution in [0.3, 0.4) is 0 Å². The summed E-state index contributed by atoms with van der Waals surface area (Å²) in [6.07, 6.45) is 0.950. The Morgan fingerprint density at radius 2 is 2.03 bits per heavy atom. The number of halogens is 2. The van der Waals surface area contributed by atoms with Gasteiger partial charge in [-0.3, -0.25) is 14.4 Å². The largest absolute Gasteiger partial charge is 0.481 e. The van der Waals surface area contributed by atoms with E-state index < -0.39 is 29.2 Å². The lowest BCUT2D eigenvalue weighted by molar-refractivity contribution is -0.136. The van der Waals surface area contributed by atoms with E-state index in [1.54, 1.807) is 6.92 Å². The quantitative estimate of drug-likeness (QED) is 0.751. The van der Waals surface area contributed by atoms with E-state index in [9.17, 15) is 18.8 Å². The van der Waals surface area contributed by atoms with Crippen molar-refractivity contribution >= 4 is 35.1 Å². The van der Waals surface area contributed by atoms with Crippen LogP contribution in [0.4, 0.5) is 4.39 Å². The average molecular weight is 426 g/mol. The monoisotopic (exact) mass is 425 g/mol. The molecule has 1 aromatic rings. The number of aliphatic carboxylic acids is 1. The lowest BCUT2D eigenvalue weighted by Gasteiger charge is -2.37. The van der Waals surface area contributed by atoms with E-state index in [0.717, 1.165) is 0 Å². The van der Waals surface area contributed by atoms with Crippen LogP contribution in [0.2, 0.25) is 5.02 Å². The Balaban J connectivity index is 1.57. The van der Waals surface area contributed by atoms with Crippen molar-refractivity contribution in [3.8, 4) is 0 Å². The fraction of sp³-hybridized carbons (Fsp3) is 0.474. The van der Waals surface area contributed by atoms with Gasteiger partial charge < -0.3 is 20.2 Å². The van der Waals surface area contributed by atoms with Crippen LogP contribution in [0.25, 0.3) is 0 Å². The molecule has 10 heteroatoms. The Bertz CT molecular complexity index is 881. The maximum Gasteiger partial charge on any atom is 0.305 e.